The molecule has 18 heavy (non-hydrogen) atoms. The third-order valence-corrected chi connectivity index (χ3v) is 3.29. The van der Waals surface area contributed by atoms with Gasteiger partial charge < -0.3 is 14.8 Å². The summed E-state index contributed by atoms with van der Waals surface area (Å²) in [5, 5.41) is 8.44. The highest BCUT2D eigenvalue weighted by atomic mass is 35.5. The molecule has 5 nitrogen and oxygen atoms in total. The van der Waals surface area contributed by atoms with Crippen LogP contribution in [0, 0.1) is 0 Å². The summed E-state index contributed by atoms with van der Waals surface area (Å²) in [6.45, 7) is 4.01. The molecule has 6 heteroatoms. The van der Waals surface area contributed by atoms with Crippen LogP contribution in [0.4, 0.5) is 0 Å². The van der Waals surface area contributed by atoms with E-state index in [0.29, 0.717) is 19.7 Å². The molecule has 1 aromatic heterocycles. The van der Waals surface area contributed by atoms with Gasteiger partial charge in [-0.25, -0.2) is 0 Å². The van der Waals surface area contributed by atoms with Gasteiger partial charge in [0.25, 0.3) is 0 Å². The molecule has 0 aromatic carbocycles. The first-order chi connectivity index (χ1) is 8.63. The predicted octanol–water partition coefficient (Wildman–Crippen LogP) is 1.39. The Labute approximate surface area is 113 Å². The molecule has 0 aliphatic heterocycles. The molecule has 0 spiro atoms. The zero-order valence-electron chi connectivity index (χ0n) is 11.5. The Hall–Kier alpha value is -0.620. The second-order valence-corrected chi connectivity index (χ2v) is 4.51. The van der Waals surface area contributed by atoms with E-state index in [0.717, 1.165) is 22.8 Å². The number of hydrogen-bond donors (Lipinski definition) is 1. The van der Waals surface area contributed by atoms with Crippen molar-refractivity contribution < 1.29 is 9.47 Å². The monoisotopic (exact) mass is 275 g/mol. The van der Waals surface area contributed by atoms with Crippen LogP contribution < -0.4 is 5.32 Å². The van der Waals surface area contributed by atoms with Crippen LogP contribution >= 0.6 is 11.6 Å². The summed E-state index contributed by atoms with van der Waals surface area (Å²) in [5.41, 5.74) is 1.94. The number of ether oxygens (including phenoxy) is 2. The lowest BCUT2D eigenvalue weighted by Crippen LogP contribution is -2.32. The normalized spacial score (nSPS) is 12.9. The van der Waals surface area contributed by atoms with Gasteiger partial charge in [0.1, 0.15) is 0 Å². The molecule has 1 N–H and O–H groups in total. The van der Waals surface area contributed by atoms with Crippen LogP contribution in [0.25, 0.3) is 0 Å². The Morgan fingerprint density at radius 1 is 1.44 bits per heavy atom. The zero-order valence-corrected chi connectivity index (χ0v) is 12.3. The molecular weight excluding hydrogens is 254 g/mol. The average molecular weight is 276 g/mol. The second kappa shape index (κ2) is 7.74. The molecule has 0 aliphatic rings. The van der Waals surface area contributed by atoms with Crippen molar-refractivity contribution in [2.24, 2.45) is 7.05 Å². The minimum Gasteiger partial charge on any atom is -0.382 e. The first-order valence-electron chi connectivity index (χ1n) is 6.06. The summed E-state index contributed by atoms with van der Waals surface area (Å²) >= 11 is 6.26. The number of methoxy groups -OCH3 is 2. The van der Waals surface area contributed by atoms with E-state index in [1.165, 1.54) is 0 Å². The van der Waals surface area contributed by atoms with Crippen molar-refractivity contribution >= 4 is 11.6 Å². The summed E-state index contributed by atoms with van der Waals surface area (Å²) in [4.78, 5) is 0. The smallest absolute Gasteiger partial charge is 0.0928 e. The lowest BCUT2D eigenvalue weighted by Gasteiger charge is -2.15. The largest absolute Gasteiger partial charge is 0.382 e. The van der Waals surface area contributed by atoms with Crippen LogP contribution in [-0.2, 0) is 29.5 Å². The SMILES string of the molecule is CCc1nn(C)c(CNCC(COC)OC)c1Cl. The highest BCUT2D eigenvalue weighted by Gasteiger charge is 2.13. The van der Waals surface area contributed by atoms with Gasteiger partial charge in [-0.2, -0.15) is 5.10 Å². The maximum Gasteiger partial charge on any atom is 0.0928 e. The second-order valence-electron chi connectivity index (χ2n) is 4.13. The van der Waals surface area contributed by atoms with Gasteiger partial charge in [0.05, 0.1) is 29.1 Å². The van der Waals surface area contributed by atoms with Gasteiger partial charge in [-0.1, -0.05) is 18.5 Å². The number of hydrogen-bond acceptors (Lipinski definition) is 4. The quantitative estimate of drug-likeness (QED) is 0.779. The third kappa shape index (κ3) is 3.95. The molecule has 0 saturated carbocycles. The molecule has 1 heterocycles. The topological polar surface area (TPSA) is 48.3 Å². The Bertz CT molecular complexity index is 368. The molecule has 0 amide bonds. The Kier molecular flexibility index (Phi) is 6.63. The highest BCUT2D eigenvalue weighted by Crippen LogP contribution is 2.20. The number of nitrogens with zero attached hydrogens (tertiary/aromatic N) is 2. The number of aromatic nitrogens is 2. The standard InChI is InChI=1S/C12H22ClN3O2/c1-5-10-12(13)11(16(2)15-10)7-14-6-9(18-4)8-17-3/h9,14H,5-8H2,1-4H3. The van der Waals surface area contributed by atoms with E-state index in [9.17, 15) is 0 Å². The molecule has 0 saturated heterocycles. The molecular formula is C12H22ClN3O2. The van der Waals surface area contributed by atoms with Gasteiger partial charge in [0.2, 0.25) is 0 Å². The predicted molar refractivity (Wildman–Crippen MR) is 72.0 cm³/mol. The van der Waals surface area contributed by atoms with E-state index in [1.807, 2.05) is 18.7 Å². The van der Waals surface area contributed by atoms with Crippen molar-refractivity contribution in [3.8, 4) is 0 Å². The molecule has 0 aliphatic carbocycles. The van der Waals surface area contributed by atoms with Crippen LogP contribution in [0.2, 0.25) is 5.02 Å². The molecule has 104 valence electrons. The number of nitrogens with one attached hydrogen (secondary N) is 1. The van der Waals surface area contributed by atoms with Crippen molar-refractivity contribution in [3.63, 3.8) is 0 Å². The van der Waals surface area contributed by atoms with E-state index in [-0.39, 0.29) is 6.10 Å². The fourth-order valence-corrected chi connectivity index (χ4v) is 2.12. The third-order valence-electron chi connectivity index (χ3n) is 2.85. The maximum atomic E-state index is 6.26. The van der Waals surface area contributed by atoms with E-state index in [4.69, 9.17) is 21.1 Å². The van der Waals surface area contributed by atoms with Crippen molar-refractivity contribution in [3.05, 3.63) is 16.4 Å². The van der Waals surface area contributed by atoms with Gasteiger partial charge in [0.15, 0.2) is 0 Å². The molecule has 0 fully saturated rings. The van der Waals surface area contributed by atoms with Crippen molar-refractivity contribution in [2.75, 3.05) is 27.4 Å². The maximum absolute atomic E-state index is 6.26. The fourth-order valence-electron chi connectivity index (χ4n) is 1.76. The fraction of sp³-hybridized carbons (Fsp3) is 0.750. The molecule has 0 radical (unpaired) electrons. The van der Waals surface area contributed by atoms with E-state index < -0.39 is 0 Å². The van der Waals surface area contributed by atoms with E-state index >= 15 is 0 Å². The summed E-state index contributed by atoms with van der Waals surface area (Å²) in [5.74, 6) is 0. The first kappa shape index (κ1) is 15.4. The van der Waals surface area contributed by atoms with Crippen molar-refractivity contribution in [1.82, 2.24) is 15.1 Å². The number of rotatable bonds is 8. The zero-order chi connectivity index (χ0) is 13.5. The van der Waals surface area contributed by atoms with E-state index in [2.05, 4.69) is 10.4 Å². The minimum absolute atomic E-state index is 0.0487. The van der Waals surface area contributed by atoms with Gasteiger partial charge in [0, 0.05) is 34.4 Å². The summed E-state index contributed by atoms with van der Waals surface area (Å²) in [6, 6.07) is 0. The van der Waals surface area contributed by atoms with Gasteiger partial charge in [-0.3, -0.25) is 4.68 Å². The molecule has 1 rings (SSSR count). The molecule has 1 atom stereocenters. The van der Waals surface area contributed by atoms with Crippen LogP contribution in [-0.4, -0.2) is 43.3 Å². The molecule has 1 aromatic rings. The summed E-state index contributed by atoms with van der Waals surface area (Å²) < 4.78 is 12.2. The van der Waals surface area contributed by atoms with Crippen LogP contribution in [0.15, 0.2) is 0 Å². The highest BCUT2D eigenvalue weighted by molar-refractivity contribution is 6.31. The number of aryl methyl sites for hydroxylation is 2. The summed E-state index contributed by atoms with van der Waals surface area (Å²) in [6.07, 6.45) is 0.893. The van der Waals surface area contributed by atoms with Crippen molar-refractivity contribution in [1.29, 1.82) is 0 Å². The molecule has 1 unspecified atom stereocenters. The number of halogens is 1. The van der Waals surface area contributed by atoms with Gasteiger partial charge >= 0.3 is 0 Å². The van der Waals surface area contributed by atoms with E-state index in [1.54, 1.807) is 14.2 Å². The lowest BCUT2D eigenvalue weighted by molar-refractivity contribution is 0.0287. The Morgan fingerprint density at radius 3 is 2.67 bits per heavy atom. The van der Waals surface area contributed by atoms with Gasteiger partial charge in [-0.05, 0) is 6.42 Å². The minimum atomic E-state index is 0.0487. The lowest BCUT2D eigenvalue weighted by atomic mass is 10.3. The molecule has 0 bridgehead atoms. The van der Waals surface area contributed by atoms with Crippen molar-refractivity contribution in [2.45, 2.75) is 26.0 Å². The van der Waals surface area contributed by atoms with Crippen LogP contribution in [0.5, 0.6) is 0 Å². The van der Waals surface area contributed by atoms with Gasteiger partial charge in [-0.15, -0.1) is 0 Å². The van der Waals surface area contributed by atoms with Crippen LogP contribution in [0.1, 0.15) is 18.3 Å². The average Bonchev–Trinajstić information content (AvgIpc) is 2.64. The Balaban J connectivity index is 2.50. The van der Waals surface area contributed by atoms with Crippen LogP contribution in [0.3, 0.4) is 0 Å². The first-order valence-corrected chi connectivity index (χ1v) is 6.44. The Morgan fingerprint density at radius 2 is 2.17 bits per heavy atom. The summed E-state index contributed by atoms with van der Waals surface area (Å²) in [7, 11) is 5.25.